The van der Waals surface area contributed by atoms with Gasteiger partial charge in [0.05, 0.1) is 33.8 Å². The number of likely N-dealkylation sites (N-methyl/N-ethyl adjacent to an activating group) is 1. The fourth-order valence-electron chi connectivity index (χ4n) is 8.72. The van der Waals surface area contributed by atoms with Crippen LogP contribution < -0.4 is 10.2 Å². The van der Waals surface area contributed by atoms with Crippen molar-refractivity contribution in [2.45, 2.75) is 296 Å². The first-order valence-electron chi connectivity index (χ1n) is 30.4. The molecule has 1 N–H and O–H groups in total. The number of amides is 1. The summed E-state index contributed by atoms with van der Waals surface area (Å²) >= 11 is 0. The number of nitrogens with one attached hydrogen (secondary N) is 1. The molecule has 72 heavy (non-hydrogen) atoms. The summed E-state index contributed by atoms with van der Waals surface area (Å²) in [5.74, 6) is -0.557. The number of unbranched alkanes of at least 4 members (excludes halogenated alkanes) is 33. The monoisotopic (exact) mass is 1030 g/mol. The van der Waals surface area contributed by atoms with Crippen LogP contribution in [-0.2, 0) is 27.9 Å². The van der Waals surface area contributed by atoms with E-state index in [0.29, 0.717) is 23.9 Å². The molecule has 3 unspecified atom stereocenters. The molecular weight excluding hydrogens is 916 g/mol. The van der Waals surface area contributed by atoms with E-state index in [4.69, 9.17) is 13.8 Å². The van der Waals surface area contributed by atoms with Gasteiger partial charge in [-0.2, -0.15) is 0 Å². The van der Waals surface area contributed by atoms with Gasteiger partial charge >= 0.3 is 5.97 Å². The summed E-state index contributed by atoms with van der Waals surface area (Å²) in [7, 11) is 1.18. The predicted molar refractivity (Wildman–Crippen MR) is 307 cm³/mol. The molecule has 0 saturated carbocycles. The average Bonchev–Trinajstić information content (AvgIpc) is 3.34. The van der Waals surface area contributed by atoms with Crippen molar-refractivity contribution < 1.29 is 37.3 Å². The molecule has 0 aliphatic heterocycles. The predicted octanol–water partition coefficient (Wildman–Crippen LogP) is 17.9. The van der Waals surface area contributed by atoms with Gasteiger partial charge in [0.2, 0.25) is 5.91 Å². The van der Waals surface area contributed by atoms with Crippen LogP contribution in [0.4, 0.5) is 0 Å². The van der Waals surface area contributed by atoms with E-state index in [1.807, 2.05) is 33.3 Å². The van der Waals surface area contributed by atoms with Crippen LogP contribution in [-0.4, -0.2) is 69.4 Å². The van der Waals surface area contributed by atoms with Crippen molar-refractivity contribution in [3.63, 3.8) is 0 Å². The zero-order chi connectivity index (χ0) is 52.9. The molecule has 0 radical (unpaired) electrons. The highest BCUT2D eigenvalue weighted by Gasteiger charge is 2.27. The van der Waals surface area contributed by atoms with Crippen LogP contribution >= 0.6 is 7.82 Å². The topological polar surface area (TPSA) is 114 Å². The Balaban J connectivity index is 5.31. The number of hydrogen-bond donors (Lipinski definition) is 1. The highest BCUT2D eigenvalue weighted by molar-refractivity contribution is 7.45. The number of allylic oxidation sites excluding steroid dienone is 7. The molecule has 0 heterocycles. The Bertz CT molecular complexity index is 1380. The SMILES string of the molecule is CCCCC/C=C\C/C=C\CCCCCCCCCCCC(=O)NC(COP(=O)([O-])OCC[N+](C)(C)C)C(/C=C\CCCCCCCCCCCCC)OC(=O)CCCCC/C=C\CCCCCCCCC. The first-order chi connectivity index (χ1) is 34.9. The largest absolute Gasteiger partial charge is 0.756 e. The van der Waals surface area contributed by atoms with Gasteiger partial charge < -0.3 is 28.5 Å². The van der Waals surface area contributed by atoms with Crippen molar-refractivity contribution in [2.75, 3.05) is 40.9 Å². The second kappa shape index (κ2) is 52.4. The number of quaternary nitrogens is 1. The number of phosphoric ester groups is 1. The second-order valence-electron chi connectivity index (χ2n) is 21.8. The minimum atomic E-state index is -4.70. The van der Waals surface area contributed by atoms with E-state index in [0.717, 1.165) is 83.5 Å². The summed E-state index contributed by atoms with van der Waals surface area (Å²) < 4.78 is 30.3. The lowest BCUT2D eigenvalue weighted by atomic mass is 10.0. The molecule has 0 spiro atoms. The molecule has 0 aliphatic carbocycles. The molecule has 0 aromatic heterocycles. The van der Waals surface area contributed by atoms with Gasteiger partial charge in [0.1, 0.15) is 19.3 Å². The van der Waals surface area contributed by atoms with Crippen molar-refractivity contribution in [2.24, 2.45) is 0 Å². The van der Waals surface area contributed by atoms with Gasteiger partial charge in [-0.05, 0) is 89.5 Å². The summed E-state index contributed by atoms with van der Waals surface area (Å²) in [6, 6.07) is -0.895. The molecule has 3 atom stereocenters. The summed E-state index contributed by atoms with van der Waals surface area (Å²) in [5, 5.41) is 3.02. The zero-order valence-corrected chi connectivity index (χ0v) is 49.0. The maximum atomic E-state index is 13.5. The lowest BCUT2D eigenvalue weighted by Crippen LogP contribution is -2.47. The Morgan fingerprint density at radius 1 is 0.486 bits per heavy atom. The Kier molecular flexibility index (Phi) is 50.9. The Labute approximate surface area is 446 Å². The summed E-state index contributed by atoms with van der Waals surface area (Å²) in [4.78, 5) is 39.9. The number of hydrogen-bond acceptors (Lipinski definition) is 7. The molecule has 0 aromatic rings. The van der Waals surface area contributed by atoms with Crippen LogP contribution in [0.25, 0.3) is 0 Å². The van der Waals surface area contributed by atoms with Crippen LogP contribution in [0.1, 0.15) is 284 Å². The highest BCUT2D eigenvalue weighted by Crippen LogP contribution is 2.38. The number of carbonyl (C=O) groups is 2. The average molecular weight is 1030 g/mol. The van der Waals surface area contributed by atoms with Crippen LogP contribution in [0.2, 0.25) is 0 Å². The van der Waals surface area contributed by atoms with E-state index in [-0.39, 0.29) is 24.9 Å². The third-order valence-electron chi connectivity index (χ3n) is 13.5. The lowest BCUT2D eigenvalue weighted by molar-refractivity contribution is -0.870. The molecule has 9 nitrogen and oxygen atoms in total. The zero-order valence-electron chi connectivity index (χ0n) is 48.1. The van der Waals surface area contributed by atoms with E-state index in [1.54, 1.807) is 0 Å². The van der Waals surface area contributed by atoms with Crippen molar-refractivity contribution in [3.8, 4) is 0 Å². The molecule has 0 rings (SSSR count). The van der Waals surface area contributed by atoms with Crippen molar-refractivity contribution in [1.29, 1.82) is 0 Å². The summed E-state index contributed by atoms with van der Waals surface area (Å²) in [6.07, 6.45) is 63.5. The molecule has 0 bridgehead atoms. The molecule has 0 aliphatic rings. The van der Waals surface area contributed by atoms with Crippen molar-refractivity contribution in [3.05, 3.63) is 48.6 Å². The molecule has 422 valence electrons. The first-order valence-corrected chi connectivity index (χ1v) is 31.9. The minimum absolute atomic E-state index is 0.0251. The standard InChI is InChI=1S/C62H117N2O7P/c1-7-10-13-16-19-22-25-28-30-31-32-33-34-36-39-42-45-48-51-54-61(65)63-59(58-70-72(67,68)69-57-56-64(4,5)6)60(53-50-47-44-41-38-35-27-24-21-18-15-12-9-3)71-62(66)55-52-49-46-43-40-37-29-26-23-20-17-14-11-8-2/h19,22,28,30,37,40,50,53,59-60H,7-18,20-21,23-27,29,31-36,38-39,41-49,51-52,54-58H2,1-6H3,(H-,63,65,67,68)/b22-19-,30-28-,40-37-,53-50-. The van der Waals surface area contributed by atoms with Crippen LogP contribution in [0.5, 0.6) is 0 Å². The Morgan fingerprint density at radius 3 is 1.31 bits per heavy atom. The summed E-state index contributed by atoms with van der Waals surface area (Å²) in [6.45, 7) is 6.82. The van der Waals surface area contributed by atoms with E-state index in [2.05, 4.69) is 62.5 Å². The van der Waals surface area contributed by atoms with Gasteiger partial charge in [-0.3, -0.25) is 14.2 Å². The normalized spacial score (nSPS) is 14.0. The number of phosphoric acid groups is 1. The Morgan fingerprint density at radius 2 is 0.847 bits per heavy atom. The second-order valence-corrected chi connectivity index (χ2v) is 23.3. The molecule has 0 aromatic carbocycles. The van der Waals surface area contributed by atoms with Crippen LogP contribution in [0.15, 0.2) is 48.6 Å². The van der Waals surface area contributed by atoms with Crippen molar-refractivity contribution >= 4 is 19.7 Å². The lowest BCUT2D eigenvalue weighted by Gasteiger charge is -2.30. The van der Waals surface area contributed by atoms with Crippen LogP contribution in [0.3, 0.4) is 0 Å². The van der Waals surface area contributed by atoms with Gasteiger partial charge in [-0.1, -0.05) is 230 Å². The van der Waals surface area contributed by atoms with Crippen molar-refractivity contribution in [1.82, 2.24) is 5.32 Å². The molecule has 1 amide bonds. The van der Waals surface area contributed by atoms with Crippen LogP contribution in [0, 0.1) is 0 Å². The minimum Gasteiger partial charge on any atom is -0.756 e. The van der Waals surface area contributed by atoms with E-state index in [1.165, 1.54) is 161 Å². The third kappa shape index (κ3) is 52.8. The third-order valence-corrected chi connectivity index (χ3v) is 14.4. The van der Waals surface area contributed by atoms with Gasteiger partial charge in [-0.15, -0.1) is 0 Å². The quantitative estimate of drug-likeness (QED) is 0.0212. The smallest absolute Gasteiger partial charge is 0.306 e. The van der Waals surface area contributed by atoms with Gasteiger partial charge in [0.15, 0.2) is 0 Å². The number of esters is 1. The number of nitrogens with zero attached hydrogens (tertiary/aromatic N) is 1. The number of carbonyl (C=O) groups excluding carboxylic acids is 2. The fraction of sp³-hybridized carbons (Fsp3) is 0.839. The Hall–Kier alpha value is -2.03. The van der Waals surface area contributed by atoms with E-state index < -0.39 is 26.6 Å². The molecular formula is C62H117N2O7P. The number of rotatable bonds is 55. The van der Waals surface area contributed by atoms with Gasteiger partial charge in [-0.25, -0.2) is 0 Å². The van der Waals surface area contributed by atoms with E-state index >= 15 is 0 Å². The molecule has 0 saturated heterocycles. The van der Waals surface area contributed by atoms with Gasteiger partial charge in [0.25, 0.3) is 7.82 Å². The maximum absolute atomic E-state index is 13.5. The van der Waals surface area contributed by atoms with Gasteiger partial charge in [0, 0.05) is 12.8 Å². The molecule has 0 fully saturated rings. The van der Waals surface area contributed by atoms with E-state index in [9.17, 15) is 19.0 Å². The first kappa shape index (κ1) is 70.0. The number of ether oxygens (including phenoxy) is 1. The highest BCUT2D eigenvalue weighted by atomic mass is 31.2. The maximum Gasteiger partial charge on any atom is 0.306 e. The molecule has 10 heteroatoms. The summed E-state index contributed by atoms with van der Waals surface area (Å²) in [5.41, 5.74) is 0. The fourth-order valence-corrected chi connectivity index (χ4v) is 9.45.